The lowest BCUT2D eigenvalue weighted by Gasteiger charge is -2.12. The van der Waals surface area contributed by atoms with Crippen molar-refractivity contribution in [1.82, 2.24) is 25.0 Å². The molecule has 0 fully saturated rings. The van der Waals surface area contributed by atoms with Crippen molar-refractivity contribution in [2.75, 3.05) is 11.1 Å². The van der Waals surface area contributed by atoms with Crippen LogP contribution in [0.5, 0.6) is 0 Å². The number of hydrogen-bond donors (Lipinski definition) is 1. The van der Waals surface area contributed by atoms with Gasteiger partial charge in [-0.3, -0.25) is 14.7 Å². The van der Waals surface area contributed by atoms with E-state index >= 15 is 0 Å². The van der Waals surface area contributed by atoms with E-state index in [1.807, 2.05) is 17.5 Å². The second-order valence-electron chi connectivity index (χ2n) is 4.83. The van der Waals surface area contributed by atoms with Gasteiger partial charge in [0, 0.05) is 6.04 Å². The summed E-state index contributed by atoms with van der Waals surface area (Å²) in [6, 6.07) is 4.21. The van der Waals surface area contributed by atoms with Crippen molar-refractivity contribution in [1.29, 1.82) is 0 Å². The normalized spacial score (nSPS) is 11.1. The fraction of sp³-hybridized carbons (Fsp3) is 0.308. The van der Waals surface area contributed by atoms with Crippen LogP contribution in [0.25, 0.3) is 10.7 Å². The molecule has 0 aliphatic heterocycles. The zero-order valence-corrected chi connectivity index (χ0v) is 14.9. The Hall–Kier alpha value is -1.78. The number of hydrogen-bond acceptors (Lipinski definition) is 8. The molecular weight excluding hydrogens is 352 g/mol. The molecule has 1 N–H and O–H groups in total. The Bertz CT molecular complexity index is 766. The molecule has 23 heavy (non-hydrogen) atoms. The number of thioether (sulfide) groups is 1. The SMILES string of the molecule is CC(C)n1c(SCC(=O)Nc2nncs2)nnc1-c1cccs1. The molecule has 0 saturated carbocycles. The molecular formula is C13H14N6OS3. The van der Waals surface area contributed by atoms with Crippen molar-refractivity contribution < 1.29 is 4.79 Å². The van der Waals surface area contributed by atoms with Crippen LogP contribution in [-0.2, 0) is 4.79 Å². The third-order valence-corrected chi connectivity index (χ3v) is 5.28. The molecule has 10 heteroatoms. The standard InChI is InChI=1S/C13H14N6OS3/c1-8(2)19-11(9-4-3-5-21-9)16-18-13(19)22-6-10(20)15-12-17-14-7-23-12/h3-5,7-8H,6H2,1-2H3,(H,15,17,20). The average Bonchev–Trinajstić information content (AvgIpc) is 3.25. The number of aromatic nitrogens is 5. The van der Waals surface area contributed by atoms with E-state index in [9.17, 15) is 4.79 Å². The largest absolute Gasteiger partial charge is 0.300 e. The van der Waals surface area contributed by atoms with Gasteiger partial charge in [0.05, 0.1) is 10.6 Å². The second-order valence-corrected chi connectivity index (χ2v) is 7.55. The first-order chi connectivity index (χ1) is 11.1. The molecule has 3 rings (SSSR count). The lowest BCUT2D eigenvalue weighted by molar-refractivity contribution is -0.113. The third-order valence-electron chi connectivity index (χ3n) is 2.86. The molecule has 0 radical (unpaired) electrons. The quantitative estimate of drug-likeness (QED) is 0.675. The Morgan fingerprint density at radius 3 is 2.87 bits per heavy atom. The van der Waals surface area contributed by atoms with Gasteiger partial charge in [0.15, 0.2) is 11.0 Å². The fourth-order valence-corrected chi connectivity index (χ4v) is 3.96. The molecule has 0 spiro atoms. The van der Waals surface area contributed by atoms with E-state index in [-0.39, 0.29) is 17.7 Å². The summed E-state index contributed by atoms with van der Waals surface area (Å²) in [6.45, 7) is 4.15. The van der Waals surface area contributed by atoms with Gasteiger partial charge in [0.1, 0.15) is 5.51 Å². The smallest absolute Gasteiger partial charge is 0.236 e. The van der Waals surface area contributed by atoms with Gasteiger partial charge in [-0.15, -0.1) is 31.7 Å². The third kappa shape index (κ3) is 3.77. The molecule has 0 saturated heterocycles. The molecule has 0 aromatic carbocycles. The van der Waals surface area contributed by atoms with Crippen molar-refractivity contribution in [3.8, 4) is 10.7 Å². The van der Waals surface area contributed by atoms with E-state index in [1.54, 1.807) is 16.8 Å². The summed E-state index contributed by atoms with van der Waals surface area (Å²) in [5, 5.41) is 21.9. The van der Waals surface area contributed by atoms with Gasteiger partial charge >= 0.3 is 0 Å². The van der Waals surface area contributed by atoms with Gasteiger partial charge in [0.25, 0.3) is 0 Å². The Labute approximate surface area is 145 Å². The van der Waals surface area contributed by atoms with Crippen LogP contribution in [0, 0.1) is 0 Å². The summed E-state index contributed by atoms with van der Waals surface area (Å²) >= 11 is 4.27. The Kier molecular flexibility index (Phi) is 5.03. The van der Waals surface area contributed by atoms with Crippen molar-refractivity contribution in [2.45, 2.75) is 25.0 Å². The van der Waals surface area contributed by atoms with Crippen LogP contribution >= 0.6 is 34.4 Å². The van der Waals surface area contributed by atoms with Crippen molar-refractivity contribution >= 4 is 45.5 Å². The summed E-state index contributed by atoms with van der Waals surface area (Å²) < 4.78 is 2.05. The van der Waals surface area contributed by atoms with Crippen LogP contribution in [0.15, 0.2) is 28.2 Å². The predicted octanol–water partition coefficient (Wildman–Crippen LogP) is 3.17. The minimum absolute atomic E-state index is 0.136. The molecule has 0 aliphatic rings. The lowest BCUT2D eigenvalue weighted by Crippen LogP contribution is -2.15. The number of rotatable bonds is 6. The summed E-state index contributed by atoms with van der Waals surface area (Å²) in [7, 11) is 0. The number of amides is 1. The van der Waals surface area contributed by atoms with Gasteiger partial charge < -0.3 is 0 Å². The van der Waals surface area contributed by atoms with Crippen molar-refractivity contribution in [3.63, 3.8) is 0 Å². The first kappa shape index (κ1) is 16.1. The average molecular weight is 366 g/mol. The van der Waals surface area contributed by atoms with E-state index in [1.165, 1.54) is 23.1 Å². The minimum atomic E-state index is -0.136. The zero-order chi connectivity index (χ0) is 16.2. The van der Waals surface area contributed by atoms with Gasteiger partial charge in [-0.05, 0) is 25.3 Å². The molecule has 1 amide bonds. The Balaban J connectivity index is 1.71. The molecule has 120 valence electrons. The predicted molar refractivity (Wildman–Crippen MR) is 93.0 cm³/mol. The van der Waals surface area contributed by atoms with Crippen LogP contribution in [-0.4, -0.2) is 36.6 Å². The maximum absolute atomic E-state index is 12.0. The number of carbonyl (C=O) groups is 1. The van der Waals surface area contributed by atoms with Crippen LogP contribution in [0.4, 0.5) is 5.13 Å². The highest BCUT2D eigenvalue weighted by molar-refractivity contribution is 7.99. The molecule has 3 aromatic rings. The number of anilines is 1. The number of carbonyl (C=O) groups excluding carboxylic acids is 1. The van der Waals surface area contributed by atoms with E-state index in [2.05, 4.69) is 44.1 Å². The fourth-order valence-electron chi connectivity index (χ4n) is 1.93. The van der Waals surface area contributed by atoms with E-state index in [4.69, 9.17) is 0 Å². The monoisotopic (exact) mass is 366 g/mol. The maximum atomic E-state index is 12.0. The second kappa shape index (κ2) is 7.20. The molecule has 0 unspecified atom stereocenters. The minimum Gasteiger partial charge on any atom is -0.300 e. The lowest BCUT2D eigenvalue weighted by atomic mass is 10.3. The van der Waals surface area contributed by atoms with E-state index in [0.29, 0.717) is 5.13 Å². The zero-order valence-electron chi connectivity index (χ0n) is 12.5. The molecule has 0 atom stereocenters. The van der Waals surface area contributed by atoms with E-state index in [0.717, 1.165) is 15.9 Å². The van der Waals surface area contributed by atoms with Crippen LogP contribution in [0.1, 0.15) is 19.9 Å². The first-order valence-electron chi connectivity index (χ1n) is 6.82. The first-order valence-corrected chi connectivity index (χ1v) is 9.57. The summed E-state index contributed by atoms with van der Waals surface area (Å²) in [4.78, 5) is 13.0. The summed E-state index contributed by atoms with van der Waals surface area (Å²) in [5.74, 6) is 0.944. The van der Waals surface area contributed by atoms with Crippen LogP contribution < -0.4 is 5.32 Å². The molecule has 0 bridgehead atoms. The highest BCUT2D eigenvalue weighted by Gasteiger charge is 2.18. The van der Waals surface area contributed by atoms with Crippen molar-refractivity contribution in [3.05, 3.63) is 23.0 Å². The number of thiophene rings is 1. The summed E-state index contributed by atoms with van der Waals surface area (Å²) in [6.07, 6.45) is 0. The maximum Gasteiger partial charge on any atom is 0.236 e. The molecule has 0 aliphatic carbocycles. The Morgan fingerprint density at radius 2 is 2.22 bits per heavy atom. The topological polar surface area (TPSA) is 85.6 Å². The summed E-state index contributed by atoms with van der Waals surface area (Å²) in [5.41, 5.74) is 1.57. The highest BCUT2D eigenvalue weighted by Crippen LogP contribution is 2.30. The molecule has 7 nitrogen and oxygen atoms in total. The van der Waals surface area contributed by atoms with Gasteiger partial charge in [-0.2, -0.15) is 0 Å². The number of nitrogens with one attached hydrogen (secondary N) is 1. The van der Waals surface area contributed by atoms with Crippen LogP contribution in [0.3, 0.4) is 0 Å². The Morgan fingerprint density at radius 1 is 1.35 bits per heavy atom. The highest BCUT2D eigenvalue weighted by atomic mass is 32.2. The molecule has 3 heterocycles. The molecule has 3 aromatic heterocycles. The van der Waals surface area contributed by atoms with Gasteiger partial charge in [0.2, 0.25) is 11.0 Å². The van der Waals surface area contributed by atoms with Gasteiger partial charge in [-0.1, -0.05) is 29.2 Å². The van der Waals surface area contributed by atoms with Crippen LogP contribution in [0.2, 0.25) is 0 Å². The van der Waals surface area contributed by atoms with Gasteiger partial charge in [-0.25, -0.2) is 0 Å². The number of nitrogens with zero attached hydrogens (tertiary/aromatic N) is 5. The van der Waals surface area contributed by atoms with Crippen molar-refractivity contribution in [2.24, 2.45) is 0 Å². The van der Waals surface area contributed by atoms with E-state index < -0.39 is 0 Å².